The second kappa shape index (κ2) is 7.80. The first-order valence-corrected chi connectivity index (χ1v) is 7.78. The van der Waals surface area contributed by atoms with Crippen molar-refractivity contribution in [3.8, 4) is 5.75 Å². The number of methoxy groups -OCH3 is 1. The van der Waals surface area contributed by atoms with Crippen molar-refractivity contribution >= 4 is 21.9 Å². The molecule has 1 N–H and O–H groups in total. The van der Waals surface area contributed by atoms with Gasteiger partial charge in [-0.05, 0) is 37.6 Å². The van der Waals surface area contributed by atoms with Gasteiger partial charge < -0.3 is 14.8 Å². The summed E-state index contributed by atoms with van der Waals surface area (Å²) in [5, 5.41) is 3.37. The van der Waals surface area contributed by atoms with Crippen molar-refractivity contribution in [3.05, 3.63) is 28.2 Å². The highest BCUT2D eigenvalue weighted by molar-refractivity contribution is 9.10. The lowest BCUT2D eigenvalue weighted by atomic mass is 9.95. The molecule has 0 aliphatic rings. The smallest absolute Gasteiger partial charge is 0.314 e. The Morgan fingerprint density at radius 2 is 2.05 bits per heavy atom. The quantitative estimate of drug-likeness (QED) is 0.758. The Kier molecular flexibility index (Phi) is 6.68. The van der Waals surface area contributed by atoms with E-state index < -0.39 is 5.41 Å². The van der Waals surface area contributed by atoms with Gasteiger partial charge in [0.1, 0.15) is 12.4 Å². The highest BCUT2D eigenvalue weighted by atomic mass is 79.9. The molecule has 0 spiro atoms. The second-order valence-electron chi connectivity index (χ2n) is 5.95. The number of nitrogens with one attached hydrogen (secondary N) is 1. The third kappa shape index (κ3) is 5.67. The van der Waals surface area contributed by atoms with Crippen LogP contribution < -0.4 is 10.1 Å². The van der Waals surface area contributed by atoms with E-state index in [2.05, 4.69) is 35.1 Å². The number of carbonyl (C=O) groups is 1. The second-order valence-corrected chi connectivity index (χ2v) is 6.81. The summed E-state index contributed by atoms with van der Waals surface area (Å²) in [6, 6.07) is 6.24. The fourth-order valence-electron chi connectivity index (χ4n) is 1.69. The molecule has 0 fully saturated rings. The molecule has 0 radical (unpaired) electrons. The fourth-order valence-corrected chi connectivity index (χ4v) is 2.08. The lowest BCUT2D eigenvalue weighted by Crippen LogP contribution is -2.32. The predicted octanol–water partition coefficient (Wildman–Crippen LogP) is 3.53. The maximum atomic E-state index is 11.6. The Hall–Kier alpha value is -1.07. The van der Waals surface area contributed by atoms with E-state index in [0.29, 0.717) is 6.04 Å². The van der Waals surface area contributed by atoms with Crippen molar-refractivity contribution in [2.24, 2.45) is 5.41 Å². The number of benzene rings is 1. The van der Waals surface area contributed by atoms with Gasteiger partial charge in [-0.1, -0.05) is 29.8 Å². The van der Waals surface area contributed by atoms with Gasteiger partial charge in [0.05, 0.1) is 12.5 Å². The predicted molar refractivity (Wildman–Crippen MR) is 87.4 cm³/mol. The molecular formula is C16H24BrNO3. The largest absolute Gasteiger partial charge is 0.492 e. The van der Waals surface area contributed by atoms with Gasteiger partial charge in [0, 0.05) is 17.1 Å². The van der Waals surface area contributed by atoms with Crippen LogP contribution in [0.25, 0.3) is 0 Å². The Bertz CT molecular complexity index is 486. The van der Waals surface area contributed by atoms with Crippen molar-refractivity contribution in [1.29, 1.82) is 0 Å². The molecule has 0 saturated heterocycles. The maximum Gasteiger partial charge on any atom is 0.314 e. The molecule has 0 saturated carbocycles. The van der Waals surface area contributed by atoms with Crippen LogP contribution in [-0.2, 0) is 16.1 Å². The van der Waals surface area contributed by atoms with Crippen LogP contribution in [-0.4, -0.2) is 25.7 Å². The Morgan fingerprint density at radius 3 is 2.62 bits per heavy atom. The van der Waals surface area contributed by atoms with E-state index in [4.69, 9.17) is 9.47 Å². The summed E-state index contributed by atoms with van der Waals surface area (Å²) in [7, 11) is 1.39. The van der Waals surface area contributed by atoms with Crippen molar-refractivity contribution in [2.75, 3.05) is 13.7 Å². The molecule has 0 bridgehead atoms. The monoisotopic (exact) mass is 357 g/mol. The van der Waals surface area contributed by atoms with Crippen LogP contribution in [0.5, 0.6) is 5.75 Å². The summed E-state index contributed by atoms with van der Waals surface area (Å²) in [6.07, 6.45) is 0. The van der Waals surface area contributed by atoms with Gasteiger partial charge in [0.15, 0.2) is 0 Å². The third-order valence-electron chi connectivity index (χ3n) is 3.06. The molecule has 5 heteroatoms. The SMILES string of the molecule is COC(=O)C(C)(C)COc1ccc(Br)c(CNC(C)C)c1. The zero-order chi connectivity index (χ0) is 16.0. The van der Waals surface area contributed by atoms with E-state index in [0.717, 1.165) is 22.3 Å². The van der Waals surface area contributed by atoms with Gasteiger partial charge in [-0.25, -0.2) is 0 Å². The van der Waals surface area contributed by atoms with Gasteiger partial charge in [-0.3, -0.25) is 4.79 Å². The minimum Gasteiger partial charge on any atom is -0.492 e. The van der Waals surface area contributed by atoms with Crippen LogP contribution in [0.3, 0.4) is 0 Å². The van der Waals surface area contributed by atoms with Crippen molar-refractivity contribution < 1.29 is 14.3 Å². The number of hydrogen-bond donors (Lipinski definition) is 1. The van der Waals surface area contributed by atoms with Crippen LogP contribution in [0, 0.1) is 5.41 Å². The molecule has 1 rings (SSSR count). The van der Waals surface area contributed by atoms with Gasteiger partial charge in [0.25, 0.3) is 0 Å². The maximum absolute atomic E-state index is 11.6. The number of esters is 1. The molecule has 0 atom stereocenters. The molecule has 0 amide bonds. The summed E-state index contributed by atoms with van der Waals surface area (Å²) < 4.78 is 11.6. The molecule has 1 aromatic rings. The molecule has 0 heterocycles. The molecule has 0 aliphatic carbocycles. The van der Waals surface area contributed by atoms with Gasteiger partial charge in [-0.2, -0.15) is 0 Å². The lowest BCUT2D eigenvalue weighted by Gasteiger charge is -2.22. The number of carbonyl (C=O) groups excluding carboxylic acids is 1. The number of halogens is 1. The average molecular weight is 358 g/mol. The minimum atomic E-state index is -0.668. The molecule has 0 aliphatic heterocycles. The van der Waals surface area contributed by atoms with Gasteiger partial charge >= 0.3 is 5.97 Å². The summed E-state index contributed by atoms with van der Waals surface area (Å²) >= 11 is 3.54. The molecule has 0 aromatic heterocycles. The molecule has 21 heavy (non-hydrogen) atoms. The van der Waals surface area contributed by atoms with E-state index >= 15 is 0 Å². The van der Waals surface area contributed by atoms with Crippen LogP contribution >= 0.6 is 15.9 Å². The zero-order valence-electron chi connectivity index (χ0n) is 13.3. The Balaban J connectivity index is 2.72. The van der Waals surface area contributed by atoms with E-state index in [-0.39, 0.29) is 12.6 Å². The fraction of sp³-hybridized carbons (Fsp3) is 0.562. The first-order chi connectivity index (χ1) is 9.76. The zero-order valence-corrected chi connectivity index (χ0v) is 14.9. The minimum absolute atomic E-state index is 0.276. The average Bonchev–Trinajstić information content (AvgIpc) is 2.43. The Morgan fingerprint density at radius 1 is 1.38 bits per heavy atom. The standard InChI is InChI=1S/C16H24BrNO3/c1-11(2)18-9-12-8-13(6-7-14(12)17)21-10-16(3,4)15(19)20-5/h6-8,11,18H,9-10H2,1-5H3. The Labute approximate surface area is 135 Å². The summed E-state index contributed by atoms with van der Waals surface area (Å²) in [4.78, 5) is 11.6. The van der Waals surface area contributed by atoms with Crippen LogP contribution in [0.4, 0.5) is 0 Å². The third-order valence-corrected chi connectivity index (χ3v) is 3.83. The molecule has 0 unspecified atom stereocenters. The highest BCUT2D eigenvalue weighted by Crippen LogP contribution is 2.25. The van der Waals surface area contributed by atoms with Gasteiger partial charge in [0.2, 0.25) is 0 Å². The number of rotatable bonds is 7. The topological polar surface area (TPSA) is 47.6 Å². The van der Waals surface area contributed by atoms with Crippen LogP contribution in [0.1, 0.15) is 33.3 Å². The summed E-state index contributed by atoms with van der Waals surface area (Å²) in [5.41, 5.74) is 0.454. The van der Waals surface area contributed by atoms with Crippen LogP contribution in [0.15, 0.2) is 22.7 Å². The summed E-state index contributed by atoms with van der Waals surface area (Å²) in [6.45, 7) is 8.85. The molecule has 4 nitrogen and oxygen atoms in total. The highest BCUT2D eigenvalue weighted by Gasteiger charge is 2.29. The van der Waals surface area contributed by atoms with E-state index in [1.54, 1.807) is 13.8 Å². The van der Waals surface area contributed by atoms with Gasteiger partial charge in [-0.15, -0.1) is 0 Å². The first kappa shape index (κ1) is 18.0. The van der Waals surface area contributed by atoms with Crippen molar-refractivity contribution in [1.82, 2.24) is 5.32 Å². The molecule has 1 aromatic carbocycles. The molecular weight excluding hydrogens is 334 g/mol. The van der Waals surface area contributed by atoms with Crippen LogP contribution in [0.2, 0.25) is 0 Å². The van der Waals surface area contributed by atoms with Crippen molar-refractivity contribution in [2.45, 2.75) is 40.3 Å². The molecule has 118 valence electrons. The number of ether oxygens (including phenoxy) is 2. The van der Waals surface area contributed by atoms with E-state index in [1.807, 2.05) is 18.2 Å². The summed E-state index contributed by atoms with van der Waals surface area (Å²) in [5.74, 6) is 0.469. The first-order valence-electron chi connectivity index (χ1n) is 6.99. The number of hydrogen-bond acceptors (Lipinski definition) is 4. The normalized spacial score (nSPS) is 11.6. The van der Waals surface area contributed by atoms with E-state index in [9.17, 15) is 4.79 Å². The lowest BCUT2D eigenvalue weighted by molar-refractivity contribution is -0.152. The van der Waals surface area contributed by atoms with E-state index in [1.165, 1.54) is 7.11 Å². The van der Waals surface area contributed by atoms with Crippen molar-refractivity contribution in [3.63, 3.8) is 0 Å².